The van der Waals surface area contributed by atoms with Gasteiger partial charge in [0.25, 0.3) is 0 Å². The van der Waals surface area contributed by atoms with Crippen LogP contribution in [-0.4, -0.2) is 15.8 Å². The third-order valence-electron chi connectivity index (χ3n) is 3.91. The number of rotatable bonds is 5. The molecule has 0 fully saturated rings. The van der Waals surface area contributed by atoms with Crippen LogP contribution in [0.15, 0.2) is 24.3 Å². The van der Waals surface area contributed by atoms with Gasteiger partial charge < -0.3 is 5.73 Å². The van der Waals surface area contributed by atoms with Crippen molar-refractivity contribution in [3.8, 4) is 6.07 Å². The number of benzene rings is 1. The van der Waals surface area contributed by atoms with Crippen LogP contribution in [0.5, 0.6) is 0 Å². The highest BCUT2D eigenvalue weighted by atomic mass is 15.3. The first-order valence-corrected chi connectivity index (χ1v) is 7.32. The van der Waals surface area contributed by atoms with Crippen LogP contribution in [0.1, 0.15) is 41.4 Å². The molecule has 2 aromatic rings. The Bertz CT molecular complexity index is 664. The van der Waals surface area contributed by atoms with Gasteiger partial charge in [-0.3, -0.25) is 4.68 Å². The monoisotopic (exact) mass is 282 g/mol. The highest BCUT2D eigenvalue weighted by Gasteiger charge is 2.14. The van der Waals surface area contributed by atoms with Crippen LogP contribution in [0, 0.1) is 25.2 Å². The molecule has 0 amide bonds. The Labute approximate surface area is 126 Å². The summed E-state index contributed by atoms with van der Waals surface area (Å²) < 4.78 is 2.00. The molecule has 2 N–H and O–H groups in total. The van der Waals surface area contributed by atoms with Gasteiger partial charge in [0, 0.05) is 11.7 Å². The van der Waals surface area contributed by atoms with E-state index in [-0.39, 0.29) is 6.04 Å². The van der Waals surface area contributed by atoms with Gasteiger partial charge in [-0.2, -0.15) is 10.4 Å². The quantitative estimate of drug-likeness (QED) is 0.916. The SMILES string of the molecule is CCC(N)Cc1c(C)nn(Cc2cccc(C#N)c2)c1C. The summed E-state index contributed by atoms with van der Waals surface area (Å²) in [5, 5.41) is 13.6. The van der Waals surface area contributed by atoms with Crippen LogP contribution >= 0.6 is 0 Å². The lowest BCUT2D eigenvalue weighted by Gasteiger charge is -2.09. The molecule has 0 bridgehead atoms. The topological polar surface area (TPSA) is 67.6 Å². The first kappa shape index (κ1) is 15.3. The molecule has 0 aliphatic heterocycles. The molecular formula is C17H22N4. The number of nitriles is 1. The van der Waals surface area contributed by atoms with Crippen molar-refractivity contribution in [2.75, 3.05) is 0 Å². The molecule has 21 heavy (non-hydrogen) atoms. The standard InChI is InChI=1S/C17H22N4/c1-4-16(19)9-17-12(2)20-21(13(17)3)11-15-7-5-6-14(8-15)10-18/h5-8,16H,4,9,11,19H2,1-3H3. The first-order chi connectivity index (χ1) is 10.0. The average molecular weight is 282 g/mol. The van der Waals surface area contributed by atoms with Gasteiger partial charge in [0.05, 0.1) is 23.9 Å². The number of nitrogens with zero attached hydrogens (tertiary/aromatic N) is 3. The van der Waals surface area contributed by atoms with Crippen LogP contribution in [0.3, 0.4) is 0 Å². The lowest BCUT2D eigenvalue weighted by Crippen LogP contribution is -2.22. The second-order valence-electron chi connectivity index (χ2n) is 5.49. The minimum Gasteiger partial charge on any atom is -0.327 e. The van der Waals surface area contributed by atoms with Crippen LogP contribution in [0.25, 0.3) is 0 Å². The number of hydrogen-bond donors (Lipinski definition) is 1. The molecule has 4 heteroatoms. The van der Waals surface area contributed by atoms with Gasteiger partial charge in [-0.05, 0) is 49.9 Å². The van der Waals surface area contributed by atoms with E-state index in [1.54, 1.807) is 0 Å². The summed E-state index contributed by atoms with van der Waals surface area (Å²) in [6.07, 6.45) is 1.83. The van der Waals surface area contributed by atoms with Crippen molar-refractivity contribution in [3.63, 3.8) is 0 Å². The van der Waals surface area contributed by atoms with Crippen LogP contribution < -0.4 is 5.73 Å². The Morgan fingerprint density at radius 2 is 2.14 bits per heavy atom. The molecule has 2 rings (SSSR count). The maximum atomic E-state index is 8.97. The van der Waals surface area contributed by atoms with E-state index < -0.39 is 0 Å². The Morgan fingerprint density at radius 3 is 2.81 bits per heavy atom. The number of hydrogen-bond acceptors (Lipinski definition) is 3. The average Bonchev–Trinajstić information content (AvgIpc) is 2.75. The summed E-state index contributed by atoms with van der Waals surface area (Å²) in [5.41, 5.74) is 11.3. The van der Waals surface area contributed by atoms with Crippen molar-refractivity contribution in [1.82, 2.24) is 9.78 Å². The van der Waals surface area contributed by atoms with E-state index in [9.17, 15) is 0 Å². The van der Waals surface area contributed by atoms with E-state index in [1.807, 2.05) is 35.9 Å². The van der Waals surface area contributed by atoms with E-state index in [1.165, 1.54) is 11.3 Å². The summed E-state index contributed by atoms with van der Waals surface area (Å²) in [7, 11) is 0. The summed E-state index contributed by atoms with van der Waals surface area (Å²) in [6, 6.07) is 10.0. The third-order valence-corrected chi connectivity index (χ3v) is 3.91. The highest BCUT2D eigenvalue weighted by Crippen LogP contribution is 2.17. The lowest BCUT2D eigenvalue weighted by atomic mass is 10.0. The molecule has 1 unspecified atom stereocenters. The molecule has 4 nitrogen and oxygen atoms in total. The summed E-state index contributed by atoms with van der Waals surface area (Å²) in [4.78, 5) is 0. The van der Waals surface area contributed by atoms with Crippen molar-refractivity contribution >= 4 is 0 Å². The largest absolute Gasteiger partial charge is 0.327 e. The van der Waals surface area contributed by atoms with E-state index >= 15 is 0 Å². The fourth-order valence-corrected chi connectivity index (χ4v) is 2.50. The molecule has 0 aliphatic rings. The summed E-state index contributed by atoms with van der Waals surface area (Å²) >= 11 is 0. The second kappa shape index (κ2) is 6.55. The second-order valence-corrected chi connectivity index (χ2v) is 5.49. The molecule has 0 saturated carbocycles. The van der Waals surface area contributed by atoms with Crippen molar-refractivity contribution in [3.05, 3.63) is 52.3 Å². The highest BCUT2D eigenvalue weighted by molar-refractivity contribution is 5.33. The van der Waals surface area contributed by atoms with E-state index in [0.717, 1.165) is 24.1 Å². The fraction of sp³-hybridized carbons (Fsp3) is 0.412. The number of aromatic nitrogens is 2. The zero-order valence-corrected chi connectivity index (χ0v) is 12.9. The normalized spacial score (nSPS) is 12.1. The molecule has 0 radical (unpaired) electrons. The molecular weight excluding hydrogens is 260 g/mol. The van der Waals surface area contributed by atoms with Gasteiger partial charge in [-0.15, -0.1) is 0 Å². The molecule has 1 atom stereocenters. The lowest BCUT2D eigenvalue weighted by molar-refractivity contribution is 0.636. The molecule has 0 spiro atoms. The Balaban J connectivity index is 2.25. The zero-order chi connectivity index (χ0) is 15.4. The van der Waals surface area contributed by atoms with Crippen molar-refractivity contribution in [1.29, 1.82) is 5.26 Å². The molecule has 0 aliphatic carbocycles. The minimum absolute atomic E-state index is 0.182. The number of nitrogens with two attached hydrogens (primary N) is 1. The van der Waals surface area contributed by atoms with Gasteiger partial charge in [0.15, 0.2) is 0 Å². The van der Waals surface area contributed by atoms with Gasteiger partial charge in [0.1, 0.15) is 0 Å². The van der Waals surface area contributed by atoms with E-state index in [2.05, 4.69) is 25.0 Å². The van der Waals surface area contributed by atoms with Gasteiger partial charge in [0.2, 0.25) is 0 Å². The van der Waals surface area contributed by atoms with Crippen LogP contribution in [0.4, 0.5) is 0 Å². The smallest absolute Gasteiger partial charge is 0.0991 e. The maximum Gasteiger partial charge on any atom is 0.0991 e. The zero-order valence-electron chi connectivity index (χ0n) is 12.9. The Hall–Kier alpha value is -2.12. The minimum atomic E-state index is 0.182. The van der Waals surface area contributed by atoms with Gasteiger partial charge >= 0.3 is 0 Å². The van der Waals surface area contributed by atoms with E-state index in [0.29, 0.717) is 12.1 Å². The predicted octanol–water partition coefficient (Wildman–Crippen LogP) is 2.70. The molecule has 1 aromatic heterocycles. The third kappa shape index (κ3) is 3.50. The van der Waals surface area contributed by atoms with Crippen LogP contribution in [0.2, 0.25) is 0 Å². The first-order valence-electron chi connectivity index (χ1n) is 7.32. The molecule has 1 aromatic carbocycles. The summed E-state index contributed by atoms with van der Waals surface area (Å²) in [6.45, 7) is 6.91. The van der Waals surface area contributed by atoms with E-state index in [4.69, 9.17) is 11.0 Å². The van der Waals surface area contributed by atoms with Crippen molar-refractivity contribution in [2.45, 2.75) is 46.2 Å². The Morgan fingerprint density at radius 1 is 1.38 bits per heavy atom. The Kier molecular flexibility index (Phi) is 4.77. The molecule has 1 heterocycles. The van der Waals surface area contributed by atoms with Crippen molar-refractivity contribution in [2.24, 2.45) is 5.73 Å². The van der Waals surface area contributed by atoms with Crippen LogP contribution in [-0.2, 0) is 13.0 Å². The predicted molar refractivity (Wildman–Crippen MR) is 83.9 cm³/mol. The number of aryl methyl sites for hydroxylation is 1. The van der Waals surface area contributed by atoms with Gasteiger partial charge in [-0.1, -0.05) is 19.1 Å². The molecule has 0 saturated heterocycles. The summed E-state index contributed by atoms with van der Waals surface area (Å²) in [5.74, 6) is 0. The maximum absolute atomic E-state index is 8.97. The van der Waals surface area contributed by atoms with Crippen molar-refractivity contribution < 1.29 is 0 Å². The fourth-order valence-electron chi connectivity index (χ4n) is 2.50. The molecule has 110 valence electrons. The van der Waals surface area contributed by atoms with Gasteiger partial charge in [-0.25, -0.2) is 0 Å².